The van der Waals surface area contributed by atoms with E-state index in [1.807, 2.05) is 0 Å². The Hall–Kier alpha value is -0.380. The summed E-state index contributed by atoms with van der Waals surface area (Å²) in [4.78, 5) is 0. The molecule has 0 amide bonds. The summed E-state index contributed by atoms with van der Waals surface area (Å²) < 4.78 is 2.46. The normalized spacial score (nSPS) is 13.4. The van der Waals surface area contributed by atoms with Gasteiger partial charge >= 0.3 is 0 Å². The molecule has 1 aromatic heterocycles. The largest absolute Gasteiger partial charge is 0.324 e. The number of hydrogen-bond donors (Lipinski definition) is 1. The van der Waals surface area contributed by atoms with Gasteiger partial charge in [-0.25, -0.2) is 0 Å². The van der Waals surface area contributed by atoms with Crippen LogP contribution in [0.1, 0.15) is 24.9 Å². The Labute approximate surface area is 96.1 Å². The molecule has 0 fully saturated rings. The number of hydrogen-bond acceptors (Lipinski definition) is 2. The van der Waals surface area contributed by atoms with Crippen molar-refractivity contribution in [1.29, 1.82) is 0 Å². The van der Waals surface area contributed by atoms with E-state index in [0.717, 1.165) is 10.9 Å². The van der Waals surface area contributed by atoms with Gasteiger partial charge in [-0.05, 0) is 44.7 Å². The standard InChI is InChI=1S/C11H12BrNS/c1-2-10(13)8-6-14-11-7(8)4-3-5-9(11)12/h3-6,10H,2,13H2,1H3/t10-/m0/s1. The Balaban J connectivity index is 2.63. The molecular weight excluding hydrogens is 258 g/mol. The highest BCUT2D eigenvalue weighted by atomic mass is 79.9. The molecular formula is C11H12BrNS. The molecule has 0 saturated heterocycles. The maximum absolute atomic E-state index is 6.05. The van der Waals surface area contributed by atoms with Gasteiger partial charge in [0.1, 0.15) is 0 Å². The molecule has 0 spiro atoms. The Kier molecular flexibility index (Phi) is 2.91. The summed E-state index contributed by atoms with van der Waals surface area (Å²) in [5.41, 5.74) is 7.32. The Morgan fingerprint density at radius 3 is 3.00 bits per heavy atom. The number of rotatable bonds is 2. The van der Waals surface area contributed by atoms with Crippen molar-refractivity contribution in [2.45, 2.75) is 19.4 Å². The molecule has 3 heteroatoms. The van der Waals surface area contributed by atoms with Crippen molar-refractivity contribution in [1.82, 2.24) is 0 Å². The first kappa shape index (κ1) is 10.1. The Morgan fingerprint density at radius 2 is 2.29 bits per heavy atom. The predicted octanol–water partition coefficient (Wildman–Crippen LogP) is 4.07. The lowest BCUT2D eigenvalue weighted by molar-refractivity contribution is 0.706. The van der Waals surface area contributed by atoms with Gasteiger partial charge in [0.2, 0.25) is 0 Å². The molecule has 0 bridgehead atoms. The quantitative estimate of drug-likeness (QED) is 0.874. The van der Waals surface area contributed by atoms with Crippen LogP contribution >= 0.6 is 27.3 Å². The van der Waals surface area contributed by atoms with Crippen LogP contribution in [0.25, 0.3) is 10.1 Å². The maximum atomic E-state index is 6.05. The first-order chi connectivity index (χ1) is 6.74. The summed E-state index contributed by atoms with van der Waals surface area (Å²) in [5.74, 6) is 0. The van der Waals surface area contributed by atoms with Crippen LogP contribution in [0.15, 0.2) is 28.1 Å². The van der Waals surface area contributed by atoms with Crippen molar-refractivity contribution in [3.05, 3.63) is 33.6 Å². The third-order valence-electron chi connectivity index (χ3n) is 2.42. The monoisotopic (exact) mass is 269 g/mol. The van der Waals surface area contributed by atoms with Crippen LogP contribution in [0, 0.1) is 0 Å². The van der Waals surface area contributed by atoms with Gasteiger partial charge < -0.3 is 5.73 Å². The summed E-state index contributed by atoms with van der Waals surface area (Å²) in [6, 6.07) is 6.44. The van der Waals surface area contributed by atoms with Gasteiger partial charge in [-0.2, -0.15) is 0 Å². The first-order valence-corrected chi connectivity index (χ1v) is 6.32. The molecule has 1 heterocycles. The van der Waals surface area contributed by atoms with E-state index in [9.17, 15) is 0 Å². The number of thiophene rings is 1. The fourth-order valence-electron chi connectivity index (χ4n) is 1.55. The SMILES string of the molecule is CC[C@H](N)c1csc2c(Br)cccc12. The smallest absolute Gasteiger partial charge is 0.0488 e. The molecule has 74 valence electrons. The van der Waals surface area contributed by atoms with Crippen molar-refractivity contribution in [3.63, 3.8) is 0 Å². The lowest BCUT2D eigenvalue weighted by Gasteiger charge is -2.06. The summed E-state index contributed by atoms with van der Waals surface area (Å²) >= 11 is 5.31. The van der Waals surface area contributed by atoms with Crippen LogP contribution in [-0.2, 0) is 0 Å². The summed E-state index contributed by atoms with van der Waals surface area (Å²) in [7, 11) is 0. The van der Waals surface area contributed by atoms with Gasteiger partial charge in [-0.1, -0.05) is 19.1 Å². The number of halogens is 1. The number of fused-ring (bicyclic) bond motifs is 1. The third-order valence-corrected chi connectivity index (χ3v) is 4.39. The van der Waals surface area contributed by atoms with Gasteiger partial charge in [0.25, 0.3) is 0 Å². The third kappa shape index (κ3) is 1.60. The molecule has 1 nitrogen and oxygen atoms in total. The summed E-state index contributed by atoms with van der Waals surface area (Å²) in [6.45, 7) is 2.12. The van der Waals surface area contributed by atoms with Crippen molar-refractivity contribution in [2.24, 2.45) is 5.73 Å². The molecule has 0 aliphatic rings. The van der Waals surface area contributed by atoms with Crippen molar-refractivity contribution >= 4 is 37.4 Å². The van der Waals surface area contributed by atoms with Gasteiger partial charge in [0, 0.05) is 15.2 Å². The van der Waals surface area contributed by atoms with Gasteiger partial charge in [0.05, 0.1) is 0 Å². The first-order valence-electron chi connectivity index (χ1n) is 4.65. The molecule has 0 unspecified atom stereocenters. The minimum absolute atomic E-state index is 0.165. The molecule has 0 aliphatic heterocycles. The highest BCUT2D eigenvalue weighted by Crippen LogP contribution is 2.35. The highest BCUT2D eigenvalue weighted by molar-refractivity contribution is 9.10. The average molecular weight is 270 g/mol. The molecule has 0 aliphatic carbocycles. The number of nitrogens with two attached hydrogens (primary N) is 1. The zero-order chi connectivity index (χ0) is 10.1. The summed E-state index contributed by atoms with van der Waals surface area (Å²) in [5, 5.41) is 3.46. The van der Waals surface area contributed by atoms with Crippen LogP contribution in [0.2, 0.25) is 0 Å². The van der Waals surface area contributed by atoms with E-state index in [1.54, 1.807) is 11.3 Å². The molecule has 1 aromatic carbocycles. The predicted molar refractivity (Wildman–Crippen MR) is 66.7 cm³/mol. The molecule has 2 aromatic rings. The average Bonchev–Trinajstić information content (AvgIpc) is 2.62. The molecule has 1 atom stereocenters. The van der Waals surface area contributed by atoms with Crippen LogP contribution in [-0.4, -0.2) is 0 Å². The Bertz CT molecular complexity index is 449. The molecule has 0 saturated carbocycles. The second kappa shape index (κ2) is 4.01. The lowest BCUT2D eigenvalue weighted by atomic mass is 10.0. The van der Waals surface area contributed by atoms with Crippen LogP contribution in [0.3, 0.4) is 0 Å². The van der Waals surface area contributed by atoms with Crippen molar-refractivity contribution in [3.8, 4) is 0 Å². The fourth-order valence-corrected chi connectivity index (χ4v) is 3.24. The van der Waals surface area contributed by atoms with Gasteiger partial charge in [0.15, 0.2) is 0 Å². The molecule has 0 radical (unpaired) electrons. The van der Waals surface area contributed by atoms with E-state index >= 15 is 0 Å². The number of benzene rings is 1. The Morgan fingerprint density at radius 1 is 1.50 bits per heavy atom. The minimum atomic E-state index is 0.165. The second-order valence-electron chi connectivity index (χ2n) is 3.32. The van der Waals surface area contributed by atoms with E-state index in [2.05, 4.69) is 46.4 Å². The van der Waals surface area contributed by atoms with Crippen LogP contribution in [0.4, 0.5) is 0 Å². The molecule has 2 rings (SSSR count). The van der Waals surface area contributed by atoms with Crippen molar-refractivity contribution < 1.29 is 0 Å². The molecule has 2 N–H and O–H groups in total. The zero-order valence-electron chi connectivity index (χ0n) is 7.96. The topological polar surface area (TPSA) is 26.0 Å². The van der Waals surface area contributed by atoms with E-state index in [-0.39, 0.29) is 6.04 Å². The van der Waals surface area contributed by atoms with E-state index in [0.29, 0.717) is 0 Å². The lowest BCUT2D eigenvalue weighted by Crippen LogP contribution is -2.07. The zero-order valence-corrected chi connectivity index (χ0v) is 10.4. The highest BCUT2D eigenvalue weighted by Gasteiger charge is 2.10. The van der Waals surface area contributed by atoms with Gasteiger partial charge in [-0.15, -0.1) is 11.3 Å². The maximum Gasteiger partial charge on any atom is 0.0488 e. The fraction of sp³-hybridized carbons (Fsp3) is 0.273. The van der Waals surface area contributed by atoms with E-state index < -0.39 is 0 Å². The van der Waals surface area contributed by atoms with Crippen LogP contribution in [0.5, 0.6) is 0 Å². The van der Waals surface area contributed by atoms with E-state index in [4.69, 9.17) is 5.73 Å². The molecule has 14 heavy (non-hydrogen) atoms. The minimum Gasteiger partial charge on any atom is -0.324 e. The second-order valence-corrected chi connectivity index (χ2v) is 5.06. The van der Waals surface area contributed by atoms with Crippen LogP contribution < -0.4 is 5.73 Å². The van der Waals surface area contributed by atoms with E-state index in [1.165, 1.54) is 15.6 Å². The van der Waals surface area contributed by atoms with Crippen molar-refractivity contribution in [2.75, 3.05) is 0 Å². The van der Waals surface area contributed by atoms with Gasteiger partial charge in [-0.3, -0.25) is 0 Å². The summed E-state index contributed by atoms with van der Waals surface area (Å²) in [6.07, 6.45) is 0.984.